The SMILES string of the molecule is CSCCCCCCNc1cc(N)nc(C(C)C)n1. The zero-order chi connectivity index (χ0) is 14.1. The van der Waals surface area contributed by atoms with Crippen molar-refractivity contribution in [2.75, 3.05) is 29.6 Å². The number of unbranched alkanes of at least 4 members (excludes halogenated alkanes) is 3. The van der Waals surface area contributed by atoms with Crippen molar-refractivity contribution in [2.24, 2.45) is 0 Å². The topological polar surface area (TPSA) is 63.8 Å². The van der Waals surface area contributed by atoms with Gasteiger partial charge in [0.25, 0.3) is 0 Å². The minimum atomic E-state index is 0.301. The molecular weight excluding hydrogens is 256 g/mol. The Morgan fingerprint density at radius 1 is 1.21 bits per heavy atom. The van der Waals surface area contributed by atoms with Crippen molar-refractivity contribution >= 4 is 23.4 Å². The standard InChI is InChI=1S/C14H26N4S/c1-11(2)14-17-12(15)10-13(18-14)16-8-6-4-5-7-9-19-3/h10-11H,4-9H2,1-3H3,(H3,15,16,17,18). The molecule has 3 N–H and O–H groups in total. The van der Waals surface area contributed by atoms with E-state index in [9.17, 15) is 0 Å². The number of nitrogens with zero attached hydrogens (tertiary/aromatic N) is 2. The van der Waals surface area contributed by atoms with E-state index in [2.05, 4.69) is 35.4 Å². The van der Waals surface area contributed by atoms with Crippen LogP contribution in [-0.4, -0.2) is 28.5 Å². The molecule has 4 nitrogen and oxygen atoms in total. The van der Waals surface area contributed by atoms with Crippen LogP contribution in [0, 0.1) is 0 Å². The van der Waals surface area contributed by atoms with Gasteiger partial charge in [-0.3, -0.25) is 0 Å². The first-order chi connectivity index (χ1) is 9.13. The van der Waals surface area contributed by atoms with Crippen LogP contribution in [0.25, 0.3) is 0 Å². The summed E-state index contributed by atoms with van der Waals surface area (Å²) in [6.45, 7) is 5.10. The molecule has 0 atom stereocenters. The molecule has 0 saturated carbocycles. The van der Waals surface area contributed by atoms with Gasteiger partial charge < -0.3 is 11.1 Å². The van der Waals surface area contributed by atoms with Crippen molar-refractivity contribution in [3.8, 4) is 0 Å². The number of thioether (sulfide) groups is 1. The average molecular weight is 282 g/mol. The Balaban J connectivity index is 2.29. The van der Waals surface area contributed by atoms with Crippen LogP contribution in [0.1, 0.15) is 51.3 Å². The lowest BCUT2D eigenvalue weighted by atomic mass is 10.2. The van der Waals surface area contributed by atoms with Crippen LogP contribution < -0.4 is 11.1 Å². The van der Waals surface area contributed by atoms with Crippen molar-refractivity contribution in [3.05, 3.63) is 11.9 Å². The first kappa shape index (κ1) is 16.1. The van der Waals surface area contributed by atoms with Crippen molar-refractivity contribution in [1.82, 2.24) is 9.97 Å². The van der Waals surface area contributed by atoms with E-state index in [1.807, 2.05) is 11.8 Å². The first-order valence-corrected chi connectivity index (χ1v) is 8.40. The molecule has 0 aliphatic heterocycles. The predicted molar refractivity (Wildman–Crippen MR) is 85.9 cm³/mol. The summed E-state index contributed by atoms with van der Waals surface area (Å²) in [6.07, 6.45) is 7.23. The molecular formula is C14H26N4S. The van der Waals surface area contributed by atoms with Gasteiger partial charge in [0.05, 0.1) is 0 Å². The number of nitrogen functional groups attached to an aromatic ring is 1. The highest BCUT2D eigenvalue weighted by Gasteiger charge is 2.05. The maximum absolute atomic E-state index is 5.79. The van der Waals surface area contributed by atoms with Gasteiger partial charge in [-0.1, -0.05) is 26.7 Å². The molecule has 1 heterocycles. The molecule has 0 amide bonds. The molecule has 1 aromatic heterocycles. The lowest BCUT2D eigenvalue weighted by molar-refractivity contribution is 0.687. The van der Waals surface area contributed by atoms with E-state index in [-0.39, 0.29) is 0 Å². The second-order valence-electron chi connectivity index (χ2n) is 5.02. The molecule has 0 unspecified atom stereocenters. The second kappa shape index (κ2) is 9.02. The van der Waals surface area contributed by atoms with Gasteiger partial charge in [0.2, 0.25) is 0 Å². The molecule has 0 bridgehead atoms. The summed E-state index contributed by atoms with van der Waals surface area (Å²) in [5, 5.41) is 3.34. The summed E-state index contributed by atoms with van der Waals surface area (Å²) < 4.78 is 0. The lowest BCUT2D eigenvalue weighted by Crippen LogP contribution is -2.08. The van der Waals surface area contributed by atoms with Crippen LogP contribution in [0.5, 0.6) is 0 Å². The van der Waals surface area contributed by atoms with Crippen LogP contribution in [0.4, 0.5) is 11.6 Å². The molecule has 0 radical (unpaired) electrons. The van der Waals surface area contributed by atoms with E-state index in [1.165, 1.54) is 31.4 Å². The number of aromatic nitrogens is 2. The van der Waals surface area contributed by atoms with Gasteiger partial charge in [0.15, 0.2) is 0 Å². The molecule has 0 aliphatic carbocycles. The molecule has 0 fully saturated rings. The highest BCUT2D eigenvalue weighted by Crippen LogP contribution is 2.15. The number of rotatable bonds is 9. The van der Waals surface area contributed by atoms with Crippen molar-refractivity contribution in [1.29, 1.82) is 0 Å². The number of hydrogen-bond acceptors (Lipinski definition) is 5. The molecule has 0 aromatic carbocycles. The third-order valence-corrected chi connectivity index (χ3v) is 3.56. The van der Waals surface area contributed by atoms with Crippen molar-refractivity contribution in [2.45, 2.75) is 45.4 Å². The van der Waals surface area contributed by atoms with Gasteiger partial charge in [-0.05, 0) is 24.9 Å². The van der Waals surface area contributed by atoms with Crippen LogP contribution in [-0.2, 0) is 0 Å². The van der Waals surface area contributed by atoms with Gasteiger partial charge in [0, 0.05) is 18.5 Å². The molecule has 1 rings (SSSR count). The normalized spacial score (nSPS) is 10.9. The second-order valence-corrected chi connectivity index (χ2v) is 6.01. The highest BCUT2D eigenvalue weighted by atomic mass is 32.2. The number of nitrogens with one attached hydrogen (secondary N) is 1. The Bertz CT molecular complexity index is 368. The molecule has 0 spiro atoms. The fourth-order valence-corrected chi connectivity index (χ4v) is 2.27. The summed E-state index contributed by atoms with van der Waals surface area (Å²) in [4.78, 5) is 8.71. The first-order valence-electron chi connectivity index (χ1n) is 7.00. The summed E-state index contributed by atoms with van der Waals surface area (Å²) >= 11 is 1.92. The van der Waals surface area contributed by atoms with E-state index in [0.29, 0.717) is 11.7 Å². The van der Waals surface area contributed by atoms with E-state index in [0.717, 1.165) is 18.2 Å². The minimum absolute atomic E-state index is 0.301. The van der Waals surface area contributed by atoms with E-state index >= 15 is 0 Å². The molecule has 1 aromatic rings. The lowest BCUT2D eigenvalue weighted by Gasteiger charge is -2.10. The molecule has 0 aliphatic rings. The largest absolute Gasteiger partial charge is 0.384 e. The highest BCUT2D eigenvalue weighted by molar-refractivity contribution is 7.98. The predicted octanol–water partition coefficient (Wildman–Crippen LogP) is 3.52. The monoisotopic (exact) mass is 282 g/mol. The number of nitrogens with two attached hydrogens (primary N) is 1. The zero-order valence-electron chi connectivity index (χ0n) is 12.3. The maximum atomic E-state index is 5.79. The van der Waals surface area contributed by atoms with Gasteiger partial charge in [-0.15, -0.1) is 0 Å². The Labute approximate surface area is 121 Å². The van der Waals surface area contributed by atoms with E-state index in [1.54, 1.807) is 6.07 Å². The van der Waals surface area contributed by atoms with E-state index < -0.39 is 0 Å². The fourth-order valence-electron chi connectivity index (χ4n) is 1.78. The van der Waals surface area contributed by atoms with Crippen LogP contribution >= 0.6 is 11.8 Å². The van der Waals surface area contributed by atoms with Crippen LogP contribution in [0.3, 0.4) is 0 Å². The summed E-state index contributed by atoms with van der Waals surface area (Å²) in [5.41, 5.74) is 5.79. The Kier molecular flexibility index (Phi) is 7.63. The zero-order valence-corrected chi connectivity index (χ0v) is 13.1. The van der Waals surface area contributed by atoms with Crippen LogP contribution in [0.2, 0.25) is 0 Å². The maximum Gasteiger partial charge on any atom is 0.135 e. The molecule has 108 valence electrons. The van der Waals surface area contributed by atoms with Gasteiger partial charge in [0.1, 0.15) is 17.5 Å². The quantitative estimate of drug-likeness (QED) is 0.678. The summed E-state index contributed by atoms with van der Waals surface area (Å²) in [6, 6.07) is 1.81. The van der Waals surface area contributed by atoms with Crippen molar-refractivity contribution < 1.29 is 0 Å². The summed E-state index contributed by atoms with van der Waals surface area (Å²) in [5.74, 6) is 3.77. The third kappa shape index (κ3) is 6.66. The number of hydrogen-bond donors (Lipinski definition) is 2. The fraction of sp³-hybridized carbons (Fsp3) is 0.714. The Morgan fingerprint density at radius 3 is 2.63 bits per heavy atom. The van der Waals surface area contributed by atoms with Gasteiger partial charge >= 0.3 is 0 Å². The molecule has 0 saturated heterocycles. The Morgan fingerprint density at radius 2 is 1.95 bits per heavy atom. The molecule has 19 heavy (non-hydrogen) atoms. The minimum Gasteiger partial charge on any atom is -0.384 e. The van der Waals surface area contributed by atoms with Gasteiger partial charge in [-0.2, -0.15) is 11.8 Å². The Hall–Kier alpha value is -0.970. The third-order valence-electron chi connectivity index (χ3n) is 2.86. The average Bonchev–Trinajstić information content (AvgIpc) is 2.37. The van der Waals surface area contributed by atoms with E-state index in [4.69, 9.17) is 5.73 Å². The number of anilines is 2. The van der Waals surface area contributed by atoms with Crippen LogP contribution in [0.15, 0.2) is 6.07 Å². The smallest absolute Gasteiger partial charge is 0.135 e. The van der Waals surface area contributed by atoms with Crippen molar-refractivity contribution in [3.63, 3.8) is 0 Å². The summed E-state index contributed by atoms with van der Waals surface area (Å²) in [7, 11) is 0. The molecule has 5 heteroatoms. The van der Waals surface area contributed by atoms with Gasteiger partial charge in [-0.25, -0.2) is 9.97 Å².